The number of halogens is 2. The molecule has 3 rings (SSSR count). The lowest BCUT2D eigenvalue weighted by Crippen LogP contribution is -2.20. The topological polar surface area (TPSA) is 83.1 Å². The van der Waals surface area contributed by atoms with Crippen molar-refractivity contribution in [2.24, 2.45) is 0 Å². The van der Waals surface area contributed by atoms with Crippen molar-refractivity contribution in [3.05, 3.63) is 83.1 Å². The molecule has 0 bridgehead atoms. The summed E-state index contributed by atoms with van der Waals surface area (Å²) >= 11 is 0. The van der Waals surface area contributed by atoms with E-state index in [4.69, 9.17) is 0 Å². The van der Waals surface area contributed by atoms with Crippen molar-refractivity contribution in [3.63, 3.8) is 0 Å². The first-order chi connectivity index (χ1) is 13.9. The summed E-state index contributed by atoms with van der Waals surface area (Å²) < 4.78 is 26.6. The van der Waals surface area contributed by atoms with Gasteiger partial charge in [0.1, 0.15) is 0 Å². The van der Waals surface area contributed by atoms with E-state index < -0.39 is 17.5 Å². The maximum Gasteiger partial charge on any atom is 0.255 e. The van der Waals surface area contributed by atoms with Gasteiger partial charge >= 0.3 is 0 Å². The highest BCUT2D eigenvalue weighted by molar-refractivity contribution is 6.06. The van der Waals surface area contributed by atoms with Gasteiger partial charge in [0, 0.05) is 24.5 Å². The number of aryl methyl sites for hydroxylation is 1. The Bertz CT molecular complexity index is 1090. The summed E-state index contributed by atoms with van der Waals surface area (Å²) in [6.07, 6.45) is 1.37. The van der Waals surface area contributed by atoms with Crippen LogP contribution in [0.1, 0.15) is 26.3 Å². The number of hydrogen-bond donors (Lipinski definition) is 3. The number of hydrogen-bond acceptors (Lipinski definition) is 4. The molecule has 0 spiro atoms. The molecule has 29 heavy (non-hydrogen) atoms. The molecule has 148 valence electrons. The second-order valence-corrected chi connectivity index (χ2v) is 6.22. The SMILES string of the molecule is CNC(=O)c1cnc(Nc2ccccc2C)c(NC(=O)c2ccc(F)c(F)c2)c1. The van der Waals surface area contributed by atoms with E-state index in [0.29, 0.717) is 5.82 Å². The second kappa shape index (κ2) is 8.47. The number of amides is 2. The zero-order chi connectivity index (χ0) is 21.0. The summed E-state index contributed by atoms with van der Waals surface area (Å²) in [7, 11) is 1.47. The highest BCUT2D eigenvalue weighted by atomic mass is 19.2. The van der Waals surface area contributed by atoms with E-state index in [0.717, 1.165) is 29.4 Å². The fourth-order valence-electron chi connectivity index (χ4n) is 2.60. The van der Waals surface area contributed by atoms with Gasteiger partial charge < -0.3 is 16.0 Å². The molecule has 8 heteroatoms. The van der Waals surface area contributed by atoms with E-state index in [1.165, 1.54) is 19.3 Å². The van der Waals surface area contributed by atoms with Gasteiger partial charge in [-0.3, -0.25) is 9.59 Å². The molecule has 3 N–H and O–H groups in total. The van der Waals surface area contributed by atoms with Crippen LogP contribution in [0.15, 0.2) is 54.7 Å². The van der Waals surface area contributed by atoms with Crippen molar-refractivity contribution < 1.29 is 18.4 Å². The summed E-state index contributed by atoms with van der Waals surface area (Å²) in [5, 5.41) is 8.19. The highest BCUT2D eigenvalue weighted by Gasteiger charge is 2.16. The number of nitrogens with one attached hydrogen (secondary N) is 3. The van der Waals surface area contributed by atoms with Gasteiger partial charge in [0.2, 0.25) is 0 Å². The van der Waals surface area contributed by atoms with Crippen LogP contribution in [0.2, 0.25) is 0 Å². The molecule has 0 aliphatic carbocycles. The van der Waals surface area contributed by atoms with Crippen LogP contribution in [0.25, 0.3) is 0 Å². The molecule has 0 unspecified atom stereocenters. The quantitative estimate of drug-likeness (QED) is 0.608. The van der Waals surface area contributed by atoms with Crippen LogP contribution in [0, 0.1) is 18.6 Å². The summed E-state index contributed by atoms with van der Waals surface area (Å²) in [4.78, 5) is 28.7. The highest BCUT2D eigenvalue weighted by Crippen LogP contribution is 2.27. The van der Waals surface area contributed by atoms with Crippen molar-refractivity contribution in [1.82, 2.24) is 10.3 Å². The fraction of sp³-hybridized carbons (Fsp3) is 0.0952. The number of aromatic nitrogens is 1. The predicted octanol–water partition coefficient (Wildman–Crippen LogP) is 4.02. The number of carbonyl (C=O) groups is 2. The predicted molar refractivity (Wildman–Crippen MR) is 106 cm³/mol. The van der Waals surface area contributed by atoms with E-state index >= 15 is 0 Å². The van der Waals surface area contributed by atoms with Gasteiger partial charge in [-0.05, 0) is 42.8 Å². The van der Waals surface area contributed by atoms with E-state index in [-0.39, 0.29) is 22.7 Å². The molecule has 0 fully saturated rings. The molecule has 6 nitrogen and oxygen atoms in total. The van der Waals surface area contributed by atoms with Crippen LogP contribution >= 0.6 is 0 Å². The molecule has 0 aliphatic rings. The Morgan fingerprint density at radius 2 is 1.66 bits per heavy atom. The Balaban J connectivity index is 1.97. The summed E-state index contributed by atoms with van der Waals surface area (Å²) in [6, 6.07) is 11.8. The zero-order valence-corrected chi connectivity index (χ0v) is 15.7. The van der Waals surface area contributed by atoms with Gasteiger partial charge in [-0.15, -0.1) is 0 Å². The van der Waals surface area contributed by atoms with Gasteiger partial charge in [-0.1, -0.05) is 18.2 Å². The largest absolute Gasteiger partial charge is 0.355 e. The Morgan fingerprint density at radius 3 is 2.34 bits per heavy atom. The normalized spacial score (nSPS) is 10.3. The third kappa shape index (κ3) is 4.55. The molecule has 1 heterocycles. The minimum Gasteiger partial charge on any atom is -0.355 e. The molecule has 0 aliphatic heterocycles. The smallest absolute Gasteiger partial charge is 0.255 e. The average Bonchev–Trinajstić information content (AvgIpc) is 2.72. The third-order valence-corrected chi connectivity index (χ3v) is 4.21. The van der Waals surface area contributed by atoms with Crippen molar-refractivity contribution in [2.75, 3.05) is 17.7 Å². The summed E-state index contributed by atoms with van der Waals surface area (Å²) in [6.45, 7) is 1.90. The van der Waals surface area contributed by atoms with Crippen molar-refractivity contribution >= 4 is 29.0 Å². The number of para-hydroxylation sites is 1. The molecule has 0 saturated heterocycles. The van der Waals surface area contributed by atoms with E-state index in [1.54, 1.807) is 0 Å². The first-order valence-corrected chi connectivity index (χ1v) is 8.70. The Hall–Kier alpha value is -3.81. The van der Waals surface area contributed by atoms with E-state index in [9.17, 15) is 18.4 Å². The maximum absolute atomic E-state index is 13.5. The van der Waals surface area contributed by atoms with Gasteiger partial charge in [-0.25, -0.2) is 13.8 Å². The standard InChI is InChI=1S/C21H18F2N4O2/c1-12-5-3-4-6-17(12)26-19-18(10-14(11-25-19)20(28)24-2)27-21(29)13-7-8-15(22)16(23)9-13/h3-11H,1-2H3,(H,24,28)(H,25,26)(H,27,29). The number of rotatable bonds is 5. The number of nitrogens with zero attached hydrogens (tertiary/aromatic N) is 1. The Morgan fingerprint density at radius 1 is 0.897 bits per heavy atom. The molecular formula is C21H18F2N4O2. The molecule has 0 saturated carbocycles. The number of pyridine rings is 1. The van der Waals surface area contributed by atoms with Crippen LogP contribution < -0.4 is 16.0 Å². The zero-order valence-electron chi connectivity index (χ0n) is 15.7. The second-order valence-electron chi connectivity index (χ2n) is 6.22. The minimum absolute atomic E-state index is 0.0731. The fourth-order valence-corrected chi connectivity index (χ4v) is 2.60. The molecule has 2 amide bonds. The first kappa shape index (κ1) is 19.9. The maximum atomic E-state index is 13.5. The number of benzene rings is 2. The molecular weight excluding hydrogens is 378 g/mol. The molecule has 3 aromatic rings. The van der Waals surface area contributed by atoms with Crippen molar-refractivity contribution in [1.29, 1.82) is 0 Å². The summed E-state index contributed by atoms with van der Waals surface area (Å²) in [5.41, 5.74) is 2.07. The average molecular weight is 396 g/mol. The third-order valence-electron chi connectivity index (χ3n) is 4.21. The van der Waals surface area contributed by atoms with E-state index in [2.05, 4.69) is 20.9 Å². The van der Waals surface area contributed by atoms with Crippen molar-refractivity contribution in [3.8, 4) is 0 Å². The lowest BCUT2D eigenvalue weighted by Gasteiger charge is -2.15. The molecule has 1 aromatic heterocycles. The van der Waals surface area contributed by atoms with Crippen LogP contribution in [0.5, 0.6) is 0 Å². The van der Waals surface area contributed by atoms with E-state index in [1.807, 2.05) is 31.2 Å². The van der Waals surface area contributed by atoms with Crippen molar-refractivity contribution in [2.45, 2.75) is 6.92 Å². The number of anilines is 3. The van der Waals surface area contributed by atoms with Gasteiger partial charge in [0.05, 0.1) is 11.3 Å². The van der Waals surface area contributed by atoms with Crippen LogP contribution in [0.3, 0.4) is 0 Å². The lowest BCUT2D eigenvalue weighted by atomic mass is 10.1. The monoisotopic (exact) mass is 396 g/mol. The lowest BCUT2D eigenvalue weighted by molar-refractivity contribution is 0.0961. The Labute approximate surface area is 166 Å². The van der Waals surface area contributed by atoms with Gasteiger partial charge in [-0.2, -0.15) is 0 Å². The van der Waals surface area contributed by atoms with Crippen LogP contribution in [-0.2, 0) is 0 Å². The van der Waals surface area contributed by atoms with Gasteiger partial charge in [0.15, 0.2) is 17.5 Å². The molecule has 0 atom stereocenters. The molecule has 2 aromatic carbocycles. The summed E-state index contributed by atoms with van der Waals surface area (Å²) in [5.74, 6) is -2.95. The Kier molecular flexibility index (Phi) is 5.82. The van der Waals surface area contributed by atoms with Crippen LogP contribution in [-0.4, -0.2) is 23.8 Å². The minimum atomic E-state index is -1.13. The number of carbonyl (C=O) groups excluding carboxylic acids is 2. The first-order valence-electron chi connectivity index (χ1n) is 8.70. The molecule has 0 radical (unpaired) electrons. The van der Waals surface area contributed by atoms with Gasteiger partial charge in [0.25, 0.3) is 11.8 Å². The van der Waals surface area contributed by atoms with Crippen LogP contribution in [0.4, 0.5) is 26.0 Å².